The van der Waals surface area contributed by atoms with E-state index in [1.54, 1.807) is 0 Å². The van der Waals surface area contributed by atoms with Crippen LogP contribution in [0.5, 0.6) is 0 Å². The maximum atomic E-state index is 10.9. The van der Waals surface area contributed by atoms with Crippen LogP contribution in [0, 0.1) is 0 Å². The zero-order valence-electron chi connectivity index (χ0n) is 7.21. The Morgan fingerprint density at radius 3 is 2.29 bits per heavy atom. The Labute approximate surface area is 79.8 Å². The number of rotatable bonds is 5. The number of amides is 2. The van der Waals surface area contributed by atoms with Crippen molar-refractivity contribution < 1.29 is 23.9 Å². The van der Waals surface area contributed by atoms with Gasteiger partial charge in [0.25, 0.3) is 0 Å². The lowest BCUT2D eigenvalue weighted by Gasteiger charge is -2.10. The monoisotopic (exact) mass is 225 g/mol. The number of primary amides is 1. The van der Waals surface area contributed by atoms with Gasteiger partial charge in [-0.05, 0) is 0 Å². The van der Waals surface area contributed by atoms with Crippen molar-refractivity contribution in [1.82, 2.24) is 5.32 Å². The summed E-state index contributed by atoms with van der Waals surface area (Å²) < 4.78 is 10.3. The Kier molecular flexibility index (Phi) is 4.72. The normalized spacial score (nSPS) is 13.4. The van der Waals surface area contributed by atoms with Crippen LogP contribution in [0.4, 0.5) is 0 Å². The van der Waals surface area contributed by atoms with E-state index in [4.69, 9.17) is 21.3 Å². The van der Waals surface area contributed by atoms with E-state index >= 15 is 0 Å². The van der Waals surface area contributed by atoms with E-state index in [0.29, 0.717) is 0 Å². The predicted molar refractivity (Wildman–Crippen MR) is 46.8 cm³/mol. The number of carbonyl (C=O) groups is 2. The molecule has 0 rings (SSSR count). The Morgan fingerprint density at radius 2 is 1.93 bits per heavy atom. The molecular formula is C5H12N3O5P. The zero-order valence-corrected chi connectivity index (χ0v) is 8.11. The molecule has 0 saturated heterocycles. The zero-order chi connectivity index (χ0) is 11.4. The van der Waals surface area contributed by atoms with Gasteiger partial charge in [0.05, 0.1) is 12.5 Å². The van der Waals surface area contributed by atoms with Crippen molar-refractivity contribution in [2.24, 2.45) is 11.5 Å². The summed E-state index contributed by atoms with van der Waals surface area (Å²) in [5.41, 5.74) is 9.94. The second-order valence-corrected chi connectivity index (χ2v) is 4.29. The van der Waals surface area contributed by atoms with Gasteiger partial charge in [-0.25, -0.2) is 0 Å². The molecule has 9 heteroatoms. The first-order chi connectivity index (χ1) is 6.22. The molecule has 0 aliphatic carbocycles. The average Bonchev–Trinajstić information content (AvgIpc) is 1.97. The molecule has 8 nitrogen and oxygen atoms in total. The van der Waals surface area contributed by atoms with Crippen molar-refractivity contribution in [2.45, 2.75) is 12.5 Å². The summed E-state index contributed by atoms with van der Waals surface area (Å²) in [6.07, 6.45) is -1.18. The summed E-state index contributed by atoms with van der Waals surface area (Å²) in [5.74, 6) is -1.59. The van der Waals surface area contributed by atoms with Gasteiger partial charge in [-0.3, -0.25) is 14.2 Å². The van der Waals surface area contributed by atoms with E-state index in [1.807, 2.05) is 5.32 Å². The second kappa shape index (κ2) is 5.06. The first-order valence-corrected chi connectivity index (χ1v) is 5.38. The Balaban J connectivity index is 3.97. The van der Waals surface area contributed by atoms with E-state index in [1.165, 1.54) is 0 Å². The van der Waals surface area contributed by atoms with Crippen LogP contribution in [-0.2, 0) is 14.2 Å². The maximum absolute atomic E-state index is 10.9. The smallest absolute Gasteiger partial charge is 0.344 e. The molecule has 0 spiro atoms. The minimum atomic E-state index is -4.30. The number of nitrogens with two attached hydrogens (primary N) is 2. The molecule has 2 amide bonds. The van der Waals surface area contributed by atoms with Crippen molar-refractivity contribution in [2.75, 3.05) is 6.29 Å². The Hall–Kier alpha value is -0.950. The minimum Gasteiger partial charge on any atom is -0.370 e. The van der Waals surface area contributed by atoms with Crippen molar-refractivity contribution in [3.63, 3.8) is 0 Å². The highest BCUT2D eigenvalue weighted by molar-refractivity contribution is 7.51. The van der Waals surface area contributed by atoms with Crippen molar-refractivity contribution >= 4 is 19.4 Å². The predicted octanol–water partition coefficient (Wildman–Crippen LogP) is -2.56. The summed E-state index contributed by atoms with van der Waals surface area (Å²) in [4.78, 5) is 38.1. The lowest BCUT2D eigenvalue weighted by atomic mass is 10.2. The fraction of sp³-hybridized carbons (Fsp3) is 0.600. The molecule has 0 aliphatic rings. The second-order valence-electron chi connectivity index (χ2n) is 2.64. The van der Waals surface area contributed by atoms with Crippen LogP contribution < -0.4 is 16.8 Å². The van der Waals surface area contributed by atoms with Gasteiger partial charge in [-0.2, -0.15) is 0 Å². The third-order valence-electron chi connectivity index (χ3n) is 1.22. The number of carbonyl (C=O) groups excluding carboxylic acids is 2. The van der Waals surface area contributed by atoms with Gasteiger partial charge in [0.15, 0.2) is 0 Å². The maximum Gasteiger partial charge on any atom is 0.344 e. The lowest BCUT2D eigenvalue weighted by molar-refractivity contribution is -0.126. The van der Waals surface area contributed by atoms with Crippen LogP contribution in [0.15, 0.2) is 0 Å². The van der Waals surface area contributed by atoms with Crippen LogP contribution in [0.2, 0.25) is 0 Å². The van der Waals surface area contributed by atoms with Crippen LogP contribution >= 0.6 is 7.60 Å². The Morgan fingerprint density at radius 1 is 1.43 bits per heavy atom. The van der Waals surface area contributed by atoms with Gasteiger partial charge in [-0.1, -0.05) is 0 Å². The molecule has 0 aromatic heterocycles. The first kappa shape index (κ1) is 13.1. The minimum absolute atomic E-state index is 0.368. The van der Waals surface area contributed by atoms with Gasteiger partial charge < -0.3 is 26.6 Å². The topological polar surface area (TPSA) is 156 Å². The molecule has 0 aliphatic heterocycles. The van der Waals surface area contributed by atoms with Crippen LogP contribution in [0.1, 0.15) is 6.42 Å². The van der Waals surface area contributed by atoms with Crippen LogP contribution in [0.25, 0.3) is 0 Å². The Bertz CT molecular complexity index is 275. The van der Waals surface area contributed by atoms with Gasteiger partial charge in [0.2, 0.25) is 11.8 Å². The molecule has 0 fully saturated rings. The summed E-state index contributed by atoms with van der Waals surface area (Å²) in [6.45, 7) is 0. The molecule has 0 bridgehead atoms. The summed E-state index contributed by atoms with van der Waals surface area (Å²) in [5, 5.41) is 1.89. The van der Waals surface area contributed by atoms with Crippen molar-refractivity contribution in [1.29, 1.82) is 0 Å². The highest BCUT2D eigenvalue weighted by Crippen LogP contribution is 2.31. The number of nitrogens with one attached hydrogen (secondary N) is 1. The highest BCUT2D eigenvalue weighted by Gasteiger charge is 2.19. The molecule has 7 N–H and O–H groups in total. The fourth-order valence-corrected chi connectivity index (χ4v) is 0.983. The van der Waals surface area contributed by atoms with Crippen molar-refractivity contribution in [3.8, 4) is 0 Å². The molecule has 0 heterocycles. The molecule has 0 aromatic rings. The van der Waals surface area contributed by atoms with E-state index in [9.17, 15) is 14.2 Å². The quantitative estimate of drug-likeness (QED) is 0.324. The van der Waals surface area contributed by atoms with Crippen molar-refractivity contribution in [3.05, 3.63) is 0 Å². The third-order valence-corrected chi connectivity index (χ3v) is 1.79. The molecular weight excluding hydrogens is 213 g/mol. The highest BCUT2D eigenvalue weighted by atomic mass is 31.2. The molecule has 14 heavy (non-hydrogen) atoms. The molecule has 0 aromatic carbocycles. The third kappa shape index (κ3) is 6.55. The van der Waals surface area contributed by atoms with Gasteiger partial charge in [-0.15, -0.1) is 0 Å². The standard InChI is InChI=1S/C5H12N3O5P/c6-3(1-4(7)9)5(10)8-2-14(11,12)13/h3H,1-2,6H2,(H2,7,9)(H,8,10)(H2,11,12,13)/t3-/m0/s1. The van der Waals surface area contributed by atoms with E-state index in [-0.39, 0.29) is 6.42 Å². The summed E-state index contributed by atoms with van der Waals surface area (Å²) in [7, 11) is -4.30. The molecule has 0 radical (unpaired) electrons. The van der Waals surface area contributed by atoms with Gasteiger partial charge >= 0.3 is 7.60 Å². The van der Waals surface area contributed by atoms with Gasteiger partial charge in [0.1, 0.15) is 6.29 Å². The van der Waals surface area contributed by atoms with E-state index < -0.39 is 31.7 Å². The molecule has 0 saturated carbocycles. The summed E-state index contributed by atoms with van der Waals surface area (Å²) in [6, 6.07) is -1.18. The SMILES string of the molecule is NC(=O)C[C@H](N)C(=O)NCP(=O)(O)O. The molecule has 1 atom stereocenters. The first-order valence-electron chi connectivity index (χ1n) is 3.58. The van der Waals surface area contributed by atoms with E-state index in [0.717, 1.165) is 0 Å². The fourth-order valence-electron chi connectivity index (χ4n) is 0.621. The van der Waals surface area contributed by atoms with Crippen LogP contribution in [-0.4, -0.2) is 33.9 Å². The lowest BCUT2D eigenvalue weighted by Crippen LogP contribution is -2.43. The van der Waals surface area contributed by atoms with Crippen LogP contribution in [0.3, 0.4) is 0 Å². The molecule has 0 unspecified atom stereocenters. The number of hydrogen-bond acceptors (Lipinski definition) is 4. The largest absolute Gasteiger partial charge is 0.370 e. The molecule has 82 valence electrons. The summed E-state index contributed by atoms with van der Waals surface area (Å²) >= 11 is 0. The van der Waals surface area contributed by atoms with Gasteiger partial charge in [0, 0.05) is 0 Å². The van der Waals surface area contributed by atoms with E-state index in [2.05, 4.69) is 0 Å². The number of hydrogen-bond donors (Lipinski definition) is 5. The average molecular weight is 225 g/mol.